The van der Waals surface area contributed by atoms with Crippen LogP contribution in [0, 0.1) is 18.8 Å². The van der Waals surface area contributed by atoms with E-state index in [1.165, 1.54) is 0 Å². The van der Waals surface area contributed by atoms with E-state index in [2.05, 4.69) is 9.88 Å². The Morgan fingerprint density at radius 1 is 1.14 bits per heavy atom. The molecule has 5 rings (SSSR count). The predicted molar refractivity (Wildman–Crippen MR) is 105 cm³/mol. The van der Waals surface area contributed by atoms with Crippen LogP contribution in [0.15, 0.2) is 30.5 Å². The Hall–Kier alpha value is -2.18. The fraction of sp³-hybridized carbons (Fsp3) is 0.476. The lowest BCUT2D eigenvalue weighted by molar-refractivity contribution is -0.0232. The smallest absolute Gasteiger partial charge is 0.231 e. The van der Waals surface area contributed by atoms with Crippen LogP contribution in [-0.2, 0) is 0 Å². The van der Waals surface area contributed by atoms with E-state index < -0.39 is 6.10 Å². The normalized spacial score (nSPS) is 28.3. The van der Waals surface area contributed by atoms with Gasteiger partial charge in [-0.05, 0) is 55.4 Å². The van der Waals surface area contributed by atoms with E-state index in [1.807, 2.05) is 37.4 Å². The monoisotopic (exact) mass is 402 g/mol. The van der Waals surface area contributed by atoms with Gasteiger partial charge in [0.25, 0.3) is 0 Å². The molecular weight excluding hydrogens is 380 g/mol. The number of rotatable bonds is 3. The molecule has 0 spiro atoms. The van der Waals surface area contributed by atoms with Gasteiger partial charge in [0.05, 0.1) is 11.1 Å². The Kier molecular flexibility index (Phi) is 4.48. The fourth-order valence-corrected chi connectivity index (χ4v) is 4.91. The van der Waals surface area contributed by atoms with Crippen LogP contribution in [0.3, 0.4) is 0 Å². The first-order chi connectivity index (χ1) is 13.6. The summed E-state index contributed by atoms with van der Waals surface area (Å²) >= 11 is 6.42. The second-order valence-electron chi connectivity index (χ2n) is 7.95. The molecule has 1 saturated heterocycles. The summed E-state index contributed by atoms with van der Waals surface area (Å²) in [4.78, 5) is 6.77. The van der Waals surface area contributed by atoms with Crippen LogP contribution in [0.1, 0.15) is 18.4 Å². The third-order valence-electron chi connectivity index (χ3n) is 5.97. The van der Waals surface area contributed by atoms with Gasteiger partial charge in [0, 0.05) is 25.4 Å². The SMILES string of the molecule is Cc1cnc(N2C[C@H]3C[C@@H](Oc4ccc5c(c4)OCO5)[C@H](O)C[C@H]3C2)c(Cl)c1. The zero-order chi connectivity index (χ0) is 19.3. The molecule has 7 heteroatoms. The highest BCUT2D eigenvalue weighted by Crippen LogP contribution is 2.41. The molecule has 1 aromatic carbocycles. The van der Waals surface area contributed by atoms with Crippen molar-refractivity contribution in [3.05, 3.63) is 41.0 Å². The first kappa shape index (κ1) is 17.9. The van der Waals surface area contributed by atoms with E-state index in [0.717, 1.165) is 43.1 Å². The maximum absolute atomic E-state index is 10.7. The maximum atomic E-state index is 10.7. The van der Waals surface area contributed by atoms with Crippen LogP contribution < -0.4 is 19.1 Å². The van der Waals surface area contributed by atoms with Crippen molar-refractivity contribution in [1.82, 2.24) is 4.98 Å². The van der Waals surface area contributed by atoms with E-state index >= 15 is 0 Å². The number of aromatic nitrogens is 1. The van der Waals surface area contributed by atoms with Crippen LogP contribution in [0.2, 0.25) is 5.02 Å². The molecule has 3 heterocycles. The molecule has 1 saturated carbocycles. The molecule has 2 aliphatic heterocycles. The van der Waals surface area contributed by atoms with E-state index in [1.54, 1.807) is 0 Å². The number of fused-ring (bicyclic) bond motifs is 2. The molecular formula is C21H23ClN2O4. The van der Waals surface area contributed by atoms with Gasteiger partial charge in [-0.15, -0.1) is 0 Å². The number of anilines is 1. The van der Waals surface area contributed by atoms with Crippen LogP contribution in [-0.4, -0.2) is 42.2 Å². The average molecular weight is 403 g/mol. The number of hydrogen-bond donors (Lipinski definition) is 1. The molecule has 6 nitrogen and oxygen atoms in total. The number of pyridine rings is 1. The Bertz CT molecular complexity index is 893. The minimum Gasteiger partial charge on any atom is -0.488 e. The molecule has 1 N–H and O–H groups in total. The van der Waals surface area contributed by atoms with Crippen LogP contribution in [0.25, 0.3) is 0 Å². The number of halogens is 1. The minimum atomic E-state index is -0.493. The highest BCUT2D eigenvalue weighted by Gasteiger charge is 2.43. The summed E-state index contributed by atoms with van der Waals surface area (Å²) in [6.45, 7) is 3.98. The molecule has 0 bridgehead atoms. The van der Waals surface area contributed by atoms with Gasteiger partial charge in [-0.25, -0.2) is 4.98 Å². The Morgan fingerprint density at radius 3 is 2.75 bits per heavy atom. The van der Waals surface area contributed by atoms with E-state index in [9.17, 15) is 5.11 Å². The quantitative estimate of drug-likeness (QED) is 0.848. The summed E-state index contributed by atoms with van der Waals surface area (Å²) in [5.41, 5.74) is 1.05. The molecule has 1 aromatic heterocycles. The van der Waals surface area contributed by atoms with Gasteiger partial charge < -0.3 is 24.2 Å². The molecule has 28 heavy (non-hydrogen) atoms. The molecule has 148 valence electrons. The predicted octanol–water partition coefficient (Wildman–Crippen LogP) is 3.43. The number of aryl methyl sites for hydroxylation is 1. The zero-order valence-corrected chi connectivity index (χ0v) is 16.4. The van der Waals surface area contributed by atoms with Crippen molar-refractivity contribution in [1.29, 1.82) is 0 Å². The topological polar surface area (TPSA) is 64.1 Å². The summed E-state index contributed by atoms with van der Waals surface area (Å²) in [7, 11) is 0. The number of benzene rings is 1. The third-order valence-corrected chi connectivity index (χ3v) is 6.25. The van der Waals surface area contributed by atoms with Gasteiger partial charge in [-0.3, -0.25) is 0 Å². The summed E-state index contributed by atoms with van der Waals surface area (Å²) in [5.74, 6) is 3.82. The van der Waals surface area contributed by atoms with E-state index in [4.69, 9.17) is 25.8 Å². The average Bonchev–Trinajstić information content (AvgIpc) is 3.28. The number of ether oxygens (including phenoxy) is 3. The lowest BCUT2D eigenvalue weighted by atomic mass is 9.78. The Labute approximate surface area is 169 Å². The van der Waals surface area contributed by atoms with Crippen molar-refractivity contribution >= 4 is 17.4 Å². The van der Waals surface area contributed by atoms with Gasteiger partial charge in [0.1, 0.15) is 17.7 Å². The van der Waals surface area contributed by atoms with Gasteiger partial charge in [-0.2, -0.15) is 0 Å². The molecule has 0 amide bonds. The first-order valence-corrected chi connectivity index (χ1v) is 10.1. The second-order valence-corrected chi connectivity index (χ2v) is 8.36. The lowest BCUT2D eigenvalue weighted by Crippen LogP contribution is -2.42. The summed E-state index contributed by atoms with van der Waals surface area (Å²) in [6, 6.07) is 7.49. The number of nitrogens with zero attached hydrogens (tertiary/aromatic N) is 2. The molecule has 2 fully saturated rings. The van der Waals surface area contributed by atoms with Crippen molar-refractivity contribution in [2.75, 3.05) is 24.8 Å². The maximum Gasteiger partial charge on any atom is 0.231 e. The molecule has 4 atom stereocenters. The van der Waals surface area contributed by atoms with Crippen LogP contribution in [0.5, 0.6) is 17.2 Å². The van der Waals surface area contributed by atoms with Gasteiger partial charge in [-0.1, -0.05) is 11.6 Å². The summed E-state index contributed by atoms with van der Waals surface area (Å²) < 4.78 is 16.9. The van der Waals surface area contributed by atoms with E-state index in [0.29, 0.717) is 28.4 Å². The molecule has 1 aliphatic carbocycles. The van der Waals surface area contributed by atoms with Crippen molar-refractivity contribution in [2.45, 2.75) is 32.0 Å². The minimum absolute atomic E-state index is 0.233. The van der Waals surface area contributed by atoms with Crippen molar-refractivity contribution in [3.63, 3.8) is 0 Å². The van der Waals surface area contributed by atoms with Gasteiger partial charge >= 0.3 is 0 Å². The van der Waals surface area contributed by atoms with Crippen molar-refractivity contribution < 1.29 is 19.3 Å². The summed E-state index contributed by atoms with van der Waals surface area (Å²) in [6.07, 6.45) is 2.65. The Balaban J connectivity index is 1.28. The number of aliphatic hydroxyl groups is 1. The number of aliphatic hydroxyl groups excluding tert-OH is 1. The standard InChI is InChI=1S/C21H23ClN2O4/c1-12-4-16(22)21(23-8-12)24-9-13-5-17(25)19(6-14(13)10-24)28-15-2-3-18-20(7-15)27-11-26-18/h2-4,7-8,13-14,17,19,25H,5-6,9-11H2,1H3/t13-,14+,17+,19+/m0/s1. The largest absolute Gasteiger partial charge is 0.488 e. The first-order valence-electron chi connectivity index (χ1n) is 9.68. The molecule has 2 aromatic rings. The van der Waals surface area contributed by atoms with Crippen molar-refractivity contribution in [2.24, 2.45) is 11.8 Å². The highest BCUT2D eigenvalue weighted by molar-refractivity contribution is 6.33. The zero-order valence-electron chi connectivity index (χ0n) is 15.7. The second kappa shape index (κ2) is 7.01. The van der Waals surface area contributed by atoms with Gasteiger partial charge in [0.15, 0.2) is 11.5 Å². The summed E-state index contributed by atoms with van der Waals surface area (Å²) in [5, 5.41) is 11.4. The van der Waals surface area contributed by atoms with Crippen molar-refractivity contribution in [3.8, 4) is 17.2 Å². The molecule has 3 aliphatic rings. The van der Waals surface area contributed by atoms with Gasteiger partial charge in [0.2, 0.25) is 6.79 Å². The Morgan fingerprint density at radius 2 is 1.93 bits per heavy atom. The fourth-order valence-electron chi connectivity index (χ4n) is 4.57. The molecule has 0 unspecified atom stereocenters. The lowest BCUT2D eigenvalue weighted by Gasteiger charge is -2.35. The van der Waals surface area contributed by atoms with Crippen LogP contribution >= 0.6 is 11.6 Å². The molecule has 0 radical (unpaired) electrons. The van der Waals surface area contributed by atoms with Crippen LogP contribution in [0.4, 0.5) is 5.82 Å². The number of hydrogen-bond acceptors (Lipinski definition) is 6. The third kappa shape index (κ3) is 3.25. The highest BCUT2D eigenvalue weighted by atomic mass is 35.5. The van der Waals surface area contributed by atoms with E-state index in [-0.39, 0.29) is 12.9 Å².